The van der Waals surface area contributed by atoms with E-state index < -0.39 is 0 Å². The lowest BCUT2D eigenvalue weighted by atomic mass is 10.2. The first kappa shape index (κ1) is 12.8. The molecule has 2 rings (SSSR count). The number of hydrogen-bond acceptors (Lipinski definition) is 3. The molecule has 0 aliphatic carbocycles. The van der Waals surface area contributed by atoms with E-state index in [2.05, 4.69) is 0 Å². The van der Waals surface area contributed by atoms with E-state index in [4.69, 9.17) is 14.6 Å². The second-order valence-electron chi connectivity index (χ2n) is 4.13. The molecule has 0 fully saturated rings. The van der Waals surface area contributed by atoms with E-state index in [-0.39, 0.29) is 13.2 Å². The fraction of sp³-hybridized carbons (Fsp3) is 0.357. The highest BCUT2D eigenvalue weighted by molar-refractivity contribution is 5.50. The highest BCUT2D eigenvalue weighted by Gasteiger charge is 2.25. The van der Waals surface area contributed by atoms with Gasteiger partial charge in [-0.05, 0) is 12.1 Å². The Morgan fingerprint density at radius 2 is 1.83 bits per heavy atom. The Morgan fingerprint density at radius 1 is 1.11 bits per heavy atom. The first-order chi connectivity index (χ1) is 8.77. The molecule has 96 valence electrons. The number of oxazole rings is 1. The summed E-state index contributed by atoms with van der Waals surface area (Å²) in [6.07, 6.45) is 0.490. The van der Waals surface area contributed by atoms with Gasteiger partial charge in [0, 0.05) is 13.3 Å². The Balaban J connectivity index is 2.48. The lowest BCUT2D eigenvalue weighted by Gasteiger charge is -1.95. The summed E-state index contributed by atoms with van der Waals surface area (Å²) in [5.74, 6) is 1.50. The molecule has 0 amide bonds. The molecular formula is C14H18NO3+. The normalized spacial score (nSPS) is 10.8. The van der Waals surface area contributed by atoms with Gasteiger partial charge in [-0.2, -0.15) is 4.57 Å². The maximum atomic E-state index is 9.14. The maximum Gasteiger partial charge on any atom is 0.381 e. The lowest BCUT2D eigenvalue weighted by molar-refractivity contribution is -0.695. The maximum absolute atomic E-state index is 9.14. The monoisotopic (exact) mass is 248 g/mol. The minimum Gasteiger partial charge on any atom is -0.402 e. The molecule has 0 atom stereocenters. The van der Waals surface area contributed by atoms with Gasteiger partial charge in [0.15, 0.2) is 12.3 Å². The first-order valence-corrected chi connectivity index (χ1v) is 6.07. The van der Waals surface area contributed by atoms with E-state index >= 15 is 0 Å². The molecule has 4 heteroatoms. The number of aliphatic hydroxyl groups excluding tert-OH is 2. The van der Waals surface area contributed by atoms with Crippen LogP contribution in [0.4, 0.5) is 0 Å². The van der Waals surface area contributed by atoms with E-state index in [0.717, 1.165) is 22.9 Å². The third kappa shape index (κ3) is 2.44. The first-order valence-electron chi connectivity index (χ1n) is 6.07. The predicted molar refractivity (Wildman–Crippen MR) is 67.0 cm³/mol. The van der Waals surface area contributed by atoms with Crippen LogP contribution in [0.3, 0.4) is 0 Å². The number of aliphatic hydroxyl groups is 2. The van der Waals surface area contributed by atoms with Gasteiger partial charge in [0.1, 0.15) is 6.61 Å². The number of benzene rings is 1. The van der Waals surface area contributed by atoms with Crippen molar-refractivity contribution in [3.63, 3.8) is 0 Å². The minimum atomic E-state index is 0.0573. The van der Waals surface area contributed by atoms with E-state index in [9.17, 15) is 0 Å². The molecule has 2 aromatic rings. The zero-order valence-electron chi connectivity index (χ0n) is 10.5. The van der Waals surface area contributed by atoms with Crippen molar-refractivity contribution < 1.29 is 19.2 Å². The summed E-state index contributed by atoms with van der Waals surface area (Å²) >= 11 is 0. The van der Waals surface area contributed by atoms with Gasteiger partial charge in [0.25, 0.3) is 0 Å². The standard InChI is InChI=1S/C14H18NO3/c1-11-13(7-9-16)18-14(15(11)8-10-17)12-5-3-2-4-6-12/h2-6,16-17H,7-10H2,1H3/q+1. The Kier molecular flexibility index (Phi) is 4.12. The Labute approximate surface area is 106 Å². The third-order valence-corrected chi connectivity index (χ3v) is 2.96. The van der Waals surface area contributed by atoms with Gasteiger partial charge in [-0.15, -0.1) is 0 Å². The fourth-order valence-electron chi connectivity index (χ4n) is 2.05. The highest BCUT2D eigenvalue weighted by atomic mass is 16.4. The van der Waals surface area contributed by atoms with Crippen molar-refractivity contribution in [3.05, 3.63) is 41.8 Å². The van der Waals surface area contributed by atoms with Crippen LogP contribution in [0.25, 0.3) is 11.5 Å². The molecule has 0 unspecified atom stereocenters. The summed E-state index contributed by atoms with van der Waals surface area (Å²) < 4.78 is 7.76. The van der Waals surface area contributed by atoms with E-state index in [0.29, 0.717) is 13.0 Å². The van der Waals surface area contributed by atoms with Gasteiger partial charge in [-0.25, -0.2) is 0 Å². The van der Waals surface area contributed by atoms with Gasteiger partial charge in [-0.3, -0.25) is 0 Å². The Bertz CT molecular complexity index is 505. The largest absolute Gasteiger partial charge is 0.402 e. The lowest BCUT2D eigenvalue weighted by Crippen LogP contribution is -2.38. The quantitative estimate of drug-likeness (QED) is 0.778. The molecule has 1 aromatic heterocycles. The number of aromatic nitrogens is 1. The third-order valence-electron chi connectivity index (χ3n) is 2.96. The topological polar surface area (TPSA) is 57.5 Å². The van der Waals surface area contributed by atoms with Crippen LogP contribution in [0.1, 0.15) is 11.5 Å². The molecule has 0 saturated heterocycles. The minimum absolute atomic E-state index is 0.0573. The van der Waals surface area contributed by atoms with Crippen molar-refractivity contribution in [2.24, 2.45) is 0 Å². The molecule has 18 heavy (non-hydrogen) atoms. The Morgan fingerprint density at radius 3 is 2.44 bits per heavy atom. The summed E-state index contributed by atoms with van der Waals surface area (Å²) in [7, 11) is 0. The molecule has 0 radical (unpaired) electrons. The number of nitrogens with zero attached hydrogens (tertiary/aromatic N) is 1. The van der Waals surface area contributed by atoms with Crippen molar-refractivity contribution in [2.45, 2.75) is 19.9 Å². The van der Waals surface area contributed by atoms with E-state index in [1.165, 1.54) is 0 Å². The van der Waals surface area contributed by atoms with Crippen LogP contribution in [0, 0.1) is 6.92 Å². The van der Waals surface area contributed by atoms with Gasteiger partial charge in [0.05, 0.1) is 12.2 Å². The molecule has 1 heterocycles. The Hall–Kier alpha value is -1.65. The van der Waals surface area contributed by atoms with Gasteiger partial charge in [0.2, 0.25) is 5.69 Å². The van der Waals surface area contributed by atoms with Crippen molar-refractivity contribution in [2.75, 3.05) is 13.2 Å². The molecule has 2 N–H and O–H groups in total. The summed E-state index contributed by atoms with van der Waals surface area (Å²) in [6.45, 7) is 2.55. The van der Waals surface area contributed by atoms with Crippen LogP contribution in [-0.2, 0) is 13.0 Å². The van der Waals surface area contributed by atoms with Crippen molar-refractivity contribution in [1.29, 1.82) is 0 Å². The van der Waals surface area contributed by atoms with Crippen molar-refractivity contribution >= 4 is 0 Å². The number of hydrogen-bond donors (Lipinski definition) is 2. The van der Waals surface area contributed by atoms with Crippen molar-refractivity contribution in [3.8, 4) is 11.5 Å². The smallest absolute Gasteiger partial charge is 0.381 e. The van der Waals surface area contributed by atoms with E-state index in [1.54, 1.807) is 0 Å². The second-order valence-corrected chi connectivity index (χ2v) is 4.13. The molecule has 0 aliphatic heterocycles. The van der Waals surface area contributed by atoms with Crippen LogP contribution in [-0.4, -0.2) is 23.4 Å². The summed E-state index contributed by atoms with van der Waals surface area (Å²) in [5, 5.41) is 18.2. The SMILES string of the molecule is Cc1c(CCO)oc(-c2ccccc2)[n+]1CCO. The van der Waals surface area contributed by atoms with Crippen LogP contribution in [0.15, 0.2) is 34.7 Å². The van der Waals surface area contributed by atoms with Gasteiger partial charge < -0.3 is 14.6 Å². The zero-order chi connectivity index (χ0) is 13.0. The molecular weight excluding hydrogens is 230 g/mol. The molecule has 4 nitrogen and oxygen atoms in total. The van der Waals surface area contributed by atoms with E-state index in [1.807, 2.05) is 41.8 Å². The fourth-order valence-corrected chi connectivity index (χ4v) is 2.05. The summed E-state index contributed by atoms with van der Waals surface area (Å²) in [5.41, 5.74) is 1.93. The molecule has 0 spiro atoms. The van der Waals surface area contributed by atoms with Gasteiger partial charge >= 0.3 is 5.89 Å². The van der Waals surface area contributed by atoms with Gasteiger partial charge in [-0.1, -0.05) is 18.2 Å². The van der Waals surface area contributed by atoms with Crippen LogP contribution < -0.4 is 4.57 Å². The molecule has 0 bridgehead atoms. The molecule has 0 aliphatic rings. The highest BCUT2D eigenvalue weighted by Crippen LogP contribution is 2.20. The predicted octanol–water partition coefficient (Wildman–Crippen LogP) is 1.07. The number of rotatable bonds is 5. The summed E-state index contributed by atoms with van der Waals surface area (Å²) in [6, 6.07) is 9.78. The molecule has 1 aromatic carbocycles. The van der Waals surface area contributed by atoms with Crippen LogP contribution in [0.5, 0.6) is 0 Å². The van der Waals surface area contributed by atoms with Crippen LogP contribution in [0.2, 0.25) is 0 Å². The average Bonchev–Trinajstić information content (AvgIpc) is 2.70. The second kappa shape index (κ2) is 5.80. The van der Waals surface area contributed by atoms with Crippen molar-refractivity contribution in [1.82, 2.24) is 0 Å². The van der Waals surface area contributed by atoms with Crippen LogP contribution >= 0.6 is 0 Å². The molecule has 0 saturated carbocycles. The summed E-state index contributed by atoms with van der Waals surface area (Å²) in [4.78, 5) is 0. The zero-order valence-corrected chi connectivity index (χ0v) is 10.5. The average molecular weight is 248 g/mol.